The Balaban J connectivity index is 2.52. The van der Waals surface area contributed by atoms with Crippen molar-refractivity contribution in [3.05, 3.63) is 35.4 Å². The Bertz CT molecular complexity index is 373. The zero-order valence-corrected chi connectivity index (χ0v) is 14.5. The van der Waals surface area contributed by atoms with E-state index in [0.29, 0.717) is 6.04 Å². The van der Waals surface area contributed by atoms with Crippen LogP contribution in [-0.2, 0) is 13.1 Å². The molecule has 0 aliphatic heterocycles. The number of hydrogen-bond acceptors (Lipinski definition) is 3. The van der Waals surface area contributed by atoms with Crippen LogP contribution < -0.4 is 5.32 Å². The molecule has 3 nitrogen and oxygen atoms in total. The van der Waals surface area contributed by atoms with Gasteiger partial charge in [-0.3, -0.25) is 4.90 Å². The Morgan fingerprint density at radius 1 is 1.05 bits per heavy atom. The van der Waals surface area contributed by atoms with Gasteiger partial charge in [0.05, 0.1) is 0 Å². The van der Waals surface area contributed by atoms with Crippen molar-refractivity contribution in [3.63, 3.8) is 0 Å². The molecule has 0 aliphatic carbocycles. The van der Waals surface area contributed by atoms with Crippen molar-refractivity contribution < 1.29 is 0 Å². The van der Waals surface area contributed by atoms with Crippen LogP contribution in [0.2, 0.25) is 0 Å². The van der Waals surface area contributed by atoms with Crippen LogP contribution in [0.5, 0.6) is 0 Å². The Labute approximate surface area is 131 Å². The number of nitrogens with zero attached hydrogens (tertiary/aromatic N) is 2. The van der Waals surface area contributed by atoms with E-state index in [-0.39, 0.29) is 0 Å². The van der Waals surface area contributed by atoms with E-state index >= 15 is 0 Å². The third-order valence-corrected chi connectivity index (χ3v) is 3.82. The summed E-state index contributed by atoms with van der Waals surface area (Å²) in [6, 6.07) is 9.63. The minimum Gasteiger partial charge on any atom is -0.313 e. The molecule has 0 fully saturated rings. The zero-order chi connectivity index (χ0) is 15.7. The summed E-state index contributed by atoms with van der Waals surface area (Å²) in [4.78, 5) is 4.79. The van der Waals surface area contributed by atoms with Gasteiger partial charge >= 0.3 is 0 Å². The van der Waals surface area contributed by atoms with Crippen LogP contribution in [0.1, 0.15) is 38.3 Å². The lowest BCUT2D eigenvalue weighted by Crippen LogP contribution is -2.39. The third-order valence-electron chi connectivity index (χ3n) is 3.82. The Kier molecular flexibility index (Phi) is 8.58. The molecule has 0 heterocycles. The fourth-order valence-electron chi connectivity index (χ4n) is 2.63. The maximum absolute atomic E-state index is 3.45. The number of benzene rings is 1. The van der Waals surface area contributed by atoms with Crippen molar-refractivity contribution >= 4 is 0 Å². The van der Waals surface area contributed by atoms with Gasteiger partial charge < -0.3 is 10.2 Å². The average molecular weight is 291 g/mol. The van der Waals surface area contributed by atoms with E-state index in [4.69, 9.17) is 0 Å². The molecule has 120 valence electrons. The van der Waals surface area contributed by atoms with Gasteiger partial charge in [0.1, 0.15) is 0 Å². The number of nitrogens with one attached hydrogen (secondary N) is 1. The maximum Gasteiger partial charge on any atom is 0.0236 e. The number of likely N-dealkylation sites (N-methyl/N-ethyl adjacent to an activating group) is 2. The third kappa shape index (κ3) is 7.07. The van der Waals surface area contributed by atoms with E-state index in [1.807, 2.05) is 0 Å². The summed E-state index contributed by atoms with van der Waals surface area (Å²) in [6.45, 7) is 12.1. The minimum absolute atomic E-state index is 0.580. The fraction of sp³-hybridized carbons (Fsp3) is 0.667. The van der Waals surface area contributed by atoms with Crippen LogP contribution in [0.3, 0.4) is 0 Å². The second kappa shape index (κ2) is 9.93. The van der Waals surface area contributed by atoms with Crippen LogP contribution in [0.4, 0.5) is 0 Å². The van der Waals surface area contributed by atoms with Crippen molar-refractivity contribution in [3.8, 4) is 0 Å². The summed E-state index contributed by atoms with van der Waals surface area (Å²) in [6.07, 6.45) is 1.19. The molecule has 0 saturated heterocycles. The van der Waals surface area contributed by atoms with Crippen LogP contribution >= 0.6 is 0 Å². The number of rotatable bonds is 10. The average Bonchev–Trinajstić information content (AvgIpc) is 2.45. The monoisotopic (exact) mass is 291 g/mol. The van der Waals surface area contributed by atoms with E-state index in [1.54, 1.807) is 0 Å². The van der Waals surface area contributed by atoms with Gasteiger partial charge in [0.2, 0.25) is 0 Å². The molecule has 1 N–H and O–H groups in total. The topological polar surface area (TPSA) is 18.5 Å². The predicted molar refractivity (Wildman–Crippen MR) is 92.5 cm³/mol. The molecule has 1 aromatic carbocycles. The van der Waals surface area contributed by atoms with E-state index in [9.17, 15) is 0 Å². The highest BCUT2D eigenvalue weighted by Gasteiger charge is 2.13. The first kappa shape index (κ1) is 18.1. The highest BCUT2D eigenvalue weighted by molar-refractivity contribution is 5.22. The highest BCUT2D eigenvalue weighted by Crippen LogP contribution is 2.10. The first-order chi connectivity index (χ1) is 10.1. The molecular weight excluding hydrogens is 258 g/mol. The molecule has 0 spiro atoms. The Morgan fingerprint density at radius 2 is 1.67 bits per heavy atom. The zero-order valence-electron chi connectivity index (χ0n) is 14.5. The second-order valence-corrected chi connectivity index (χ2v) is 6.17. The lowest BCUT2D eigenvalue weighted by Gasteiger charge is -2.30. The van der Waals surface area contributed by atoms with Gasteiger partial charge in [0.15, 0.2) is 0 Å². The first-order valence-electron chi connectivity index (χ1n) is 8.24. The second-order valence-electron chi connectivity index (χ2n) is 6.17. The molecule has 0 radical (unpaired) electrons. The molecule has 1 rings (SSSR count). The summed E-state index contributed by atoms with van der Waals surface area (Å²) >= 11 is 0. The van der Waals surface area contributed by atoms with Crippen LogP contribution in [-0.4, -0.2) is 49.6 Å². The molecule has 0 saturated carbocycles. The largest absolute Gasteiger partial charge is 0.313 e. The van der Waals surface area contributed by atoms with Gasteiger partial charge in [-0.2, -0.15) is 0 Å². The Hall–Kier alpha value is -0.900. The van der Waals surface area contributed by atoms with E-state index in [2.05, 4.69) is 74.2 Å². The van der Waals surface area contributed by atoms with Gasteiger partial charge in [0.25, 0.3) is 0 Å². The van der Waals surface area contributed by atoms with Crippen LogP contribution in [0, 0.1) is 0 Å². The van der Waals surface area contributed by atoms with Gasteiger partial charge in [-0.1, -0.05) is 38.1 Å². The highest BCUT2D eigenvalue weighted by atomic mass is 15.2. The number of hydrogen-bond donors (Lipinski definition) is 1. The molecule has 0 bridgehead atoms. The molecule has 0 aromatic heterocycles. The smallest absolute Gasteiger partial charge is 0.0236 e. The van der Waals surface area contributed by atoms with Gasteiger partial charge in [0, 0.05) is 25.7 Å². The van der Waals surface area contributed by atoms with Gasteiger partial charge in [-0.15, -0.1) is 0 Å². The summed E-state index contributed by atoms with van der Waals surface area (Å²) in [5.74, 6) is 0. The van der Waals surface area contributed by atoms with E-state index < -0.39 is 0 Å². The lowest BCUT2D eigenvalue weighted by molar-refractivity contribution is 0.174. The molecule has 0 aliphatic rings. The molecule has 0 amide bonds. The quantitative estimate of drug-likeness (QED) is 0.669. The normalized spacial score (nSPS) is 13.1. The molecular formula is C18H33N3. The Morgan fingerprint density at radius 3 is 2.19 bits per heavy atom. The van der Waals surface area contributed by atoms with Crippen molar-refractivity contribution in [2.24, 2.45) is 0 Å². The molecule has 3 heteroatoms. The maximum atomic E-state index is 3.45. The lowest BCUT2D eigenvalue weighted by atomic mass is 10.1. The first-order valence-corrected chi connectivity index (χ1v) is 8.24. The molecule has 1 aromatic rings. The van der Waals surface area contributed by atoms with Crippen molar-refractivity contribution in [1.29, 1.82) is 0 Å². The minimum atomic E-state index is 0.580. The van der Waals surface area contributed by atoms with Crippen LogP contribution in [0.25, 0.3) is 0 Å². The van der Waals surface area contributed by atoms with Gasteiger partial charge in [-0.05, 0) is 51.7 Å². The summed E-state index contributed by atoms with van der Waals surface area (Å²) in [5.41, 5.74) is 2.78. The summed E-state index contributed by atoms with van der Waals surface area (Å²) < 4.78 is 0. The van der Waals surface area contributed by atoms with E-state index in [0.717, 1.165) is 32.7 Å². The molecule has 21 heavy (non-hydrogen) atoms. The van der Waals surface area contributed by atoms with E-state index in [1.165, 1.54) is 17.5 Å². The summed E-state index contributed by atoms with van der Waals surface area (Å²) in [7, 11) is 4.28. The SMILES string of the molecule is CCCNCc1ccc(CN(CC)C(C)CN(C)C)cc1. The fourth-order valence-corrected chi connectivity index (χ4v) is 2.63. The molecule has 1 atom stereocenters. The van der Waals surface area contributed by atoms with Crippen molar-refractivity contribution in [1.82, 2.24) is 15.1 Å². The predicted octanol–water partition coefficient (Wildman–Crippen LogP) is 2.96. The summed E-state index contributed by atoms with van der Waals surface area (Å²) in [5, 5.41) is 3.45. The molecule has 1 unspecified atom stereocenters. The standard InChI is InChI=1S/C18H33N3/c1-6-12-19-13-17-8-10-18(11-9-17)15-21(7-2)16(3)14-20(4)5/h8-11,16,19H,6-7,12-15H2,1-5H3. The van der Waals surface area contributed by atoms with Crippen LogP contribution in [0.15, 0.2) is 24.3 Å². The van der Waals surface area contributed by atoms with Crippen molar-refractivity contribution in [2.45, 2.75) is 46.3 Å². The van der Waals surface area contributed by atoms with Gasteiger partial charge in [-0.25, -0.2) is 0 Å². The van der Waals surface area contributed by atoms with Crippen molar-refractivity contribution in [2.75, 3.05) is 33.7 Å².